The summed E-state index contributed by atoms with van der Waals surface area (Å²) in [6, 6.07) is 2.91. The van der Waals surface area contributed by atoms with Gasteiger partial charge in [-0.1, -0.05) is 35.5 Å². The number of nitrogens with one attached hydrogen (secondary N) is 2. The van der Waals surface area contributed by atoms with Gasteiger partial charge in [0.1, 0.15) is 0 Å². The molecule has 1 aliphatic carbocycles. The number of anilines is 2. The molecule has 0 unspecified atom stereocenters. The van der Waals surface area contributed by atoms with Crippen LogP contribution in [0.4, 0.5) is 10.3 Å². The number of rotatable bonds is 8. The van der Waals surface area contributed by atoms with E-state index in [-0.39, 0.29) is 5.91 Å². The number of imidazole rings is 1. The second-order valence-electron chi connectivity index (χ2n) is 10.1. The second kappa shape index (κ2) is 10.5. The van der Waals surface area contributed by atoms with Crippen molar-refractivity contribution in [1.82, 2.24) is 29.3 Å². The van der Waals surface area contributed by atoms with Gasteiger partial charge in [-0.3, -0.25) is 9.69 Å². The zero-order chi connectivity index (χ0) is 25.4. The topological polar surface area (TPSA) is 91.2 Å². The molecule has 196 valence electrons. The van der Waals surface area contributed by atoms with Gasteiger partial charge in [-0.25, -0.2) is 15.0 Å². The van der Waals surface area contributed by atoms with Crippen LogP contribution in [0.2, 0.25) is 0 Å². The maximum absolute atomic E-state index is 12.9. The molecule has 37 heavy (non-hydrogen) atoms. The summed E-state index contributed by atoms with van der Waals surface area (Å²) >= 11 is 3.28. The zero-order valence-electron chi connectivity index (χ0n) is 21.5. The van der Waals surface area contributed by atoms with Crippen LogP contribution in [-0.4, -0.2) is 80.5 Å². The van der Waals surface area contributed by atoms with Crippen LogP contribution in [0.3, 0.4) is 0 Å². The van der Waals surface area contributed by atoms with Gasteiger partial charge in [0.2, 0.25) is 5.91 Å². The third-order valence-corrected chi connectivity index (χ3v) is 9.67. The van der Waals surface area contributed by atoms with E-state index < -0.39 is 0 Å². The third-order valence-electron chi connectivity index (χ3n) is 7.75. The van der Waals surface area contributed by atoms with Crippen LogP contribution in [0.5, 0.6) is 0 Å². The lowest BCUT2D eigenvalue weighted by Gasteiger charge is -2.38. The van der Waals surface area contributed by atoms with Crippen LogP contribution >= 0.6 is 22.7 Å². The zero-order valence-corrected chi connectivity index (χ0v) is 23.1. The van der Waals surface area contributed by atoms with E-state index in [0.717, 1.165) is 81.4 Å². The highest BCUT2D eigenvalue weighted by molar-refractivity contribution is 7.24. The predicted molar refractivity (Wildman–Crippen MR) is 152 cm³/mol. The Kier molecular flexibility index (Phi) is 7.00. The fourth-order valence-electron chi connectivity index (χ4n) is 5.57. The highest BCUT2D eigenvalue weighted by Crippen LogP contribution is 2.37. The van der Waals surface area contributed by atoms with E-state index in [9.17, 15) is 4.79 Å². The molecule has 1 saturated carbocycles. The molecule has 1 aliphatic heterocycles. The van der Waals surface area contributed by atoms with Crippen LogP contribution in [0, 0.1) is 6.92 Å². The largest absolute Gasteiger partial charge is 0.361 e. The molecule has 11 heteroatoms. The molecule has 0 radical (unpaired) electrons. The average molecular weight is 539 g/mol. The van der Waals surface area contributed by atoms with E-state index >= 15 is 0 Å². The van der Waals surface area contributed by atoms with E-state index in [1.807, 2.05) is 29.0 Å². The van der Waals surface area contributed by atoms with Gasteiger partial charge in [0.25, 0.3) is 0 Å². The van der Waals surface area contributed by atoms with Gasteiger partial charge in [-0.15, -0.1) is 0 Å². The maximum Gasteiger partial charge on any atom is 0.242 e. The first-order valence-electron chi connectivity index (χ1n) is 13.2. The number of thiazole rings is 2. The summed E-state index contributed by atoms with van der Waals surface area (Å²) in [5, 5.41) is 8.47. The molecule has 4 heterocycles. The van der Waals surface area contributed by atoms with Crippen molar-refractivity contribution in [3.8, 4) is 0 Å². The van der Waals surface area contributed by atoms with Gasteiger partial charge in [-0.05, 0) is 25.8 Å². The van der Waals surface area contributed by atoms with Gasteiger partial charge < -0.3 is 20.1 Å². The molecule has 1 amide bonds. The lowest BCUT2D eigenvalue weighted by atomic mass is 10.2. The highest BCUT2D eigenvalue weighted by atomic mass is 32.1. The Morgan fingerprint density at radius 2 is 1.70 bits per heavy atom. The summed E-state index contributed by atoms with van der Waals surface area (Å²) < 4.78 is 4.31. The van der Waals surface area contributed by atoms with Crippen LogP contribution in [0.25, 0.3) is 20.4 Å². The predicted octanol–water partition coefficient (Wildman–Crippen LogP) is 4.10. The minimum atomic E-state index is 0.159. The second-order valence-corrected chi connectivity index (χ2v) is 12.2. The lowest BCUT2D eigenvalue weighted by molar-refractivity contribution is -0.131. The van der Waals surface area contributed by atoms with E-state index in [0.29, 0.717) is 6.54 Å². The number of amides is 1. The summed E-state index contributed by atoms with van der Waals surface area (Å²) in [5.41, 5.74) is 4.24. The van der Waals surface area contributed by atoms with Gasteiger partial charge in [0.05, 0.1) is 33.3 Å². The fraction of sp³-hybridized carbons (Fsp3) is 0.538. The van der Waals surface area contributed by atoms with Crippen molar-refractivity contribution >= 4 is 59.3 Å². The van der Waals surface area contributed by atoms with E-state index in [1.54, 1.807) is 22.7 Å². The Labute approximate surface area is 224 Å². The highest BCUT2D eigenvalue weighted by Gasteiger charge is 2.27. The SMILES string of the molecule is Cc1c2nc(NCCc3cncn3C)sc2cc2sc(NCC(=O)N3CCN(C4CCCC4)CC3)nc12. The number of hydrogen-bond donors (Lipinski definition) is 2. The first-order chi connectivity index (χ1) is 18.0. The van der Waals surface area contributed by atoms with Crippen molar-refractivity contribution in [3.63, 3.8) is 0 Å². The van der Waals surface area contributed by atoms with Crippen LogP contribution in [0.15, 0.2) is 18.6 Å². The normalized spacial score (nSPS) is 17.3. The number of piperazine rings is 1. The first-order valence-corrected chi connectivity index (χ1v) is 14.8. The molecule has 1 aromatic carbocycles. The quantitative estimate of drug-likeness (QED) is 0.349. The number of nitrogens with zero attached hydrogens (tertiary/aromatic N) is 6. The van der Waals surface area contributed by atoms with Crippen molar-refractivity contribution < 1.29 is 4.79 Å². The van der Waals surface area contributed by atoms with Gasteiger partial charge >= 0.3 is 0 Å². The fourth-order valence-corrected chi connectivity index (χ4v) is 7.60. The van der Waals surface area contributed by atoms with E-state index in [4.69, 9.17) is 9.97 Å². The molecule has 2 fully saturated rings. The molecule has 3 aromatic heterocycles. The molecule has 2 N–H and O–H groups in total. The number of carbonyl (C=O) groups excluding carboxylic acids is 1. The van der Waals surface area contributed by atoms with Crippen LogP contribution in [-0.2, 0) is 18.3 Å². The Balaban J connectivity index is 1.06. The van der Waals surface area contributed by atoms with Crippen molar-refractivity contribution in [1.29, 1.82) is 0 Å². The number of benzene rings is 1. The summed E-state index contributed by atoms with van der Waals surface area (Å²) in [6.07, 6.45) is 9.98. The molecular formula is C26H34N8OS2. The number of carbonyl (C=O) groups is 1. The molecule has 0 atom stereocenters. The molecule has 1 saturated heterocycles. The molecule has 9 nitrogen and oxygen atoms in total. The van der Waals surface area contributed by atoms with Crippen molar-refractivity contribution in [2.45, 2.75) is 45.1 Å². The standard InChI is InChI=1S/C26H34N8OS2/c1-17-23-20(36-25(30-23)28-8-7-19-14-27-16-32(19)2)13-21-24(17)31-26(37-21)29-15-22(35)34-11-9-33(10-12-34)18-5-3-4-6-18/h13-14,16,18H,3-12,15H2,1-2H3,(H,28,30)(H,29,31). The van der Waals surface area contributed by atoms with E-state index in [1.165, 1.54) is 31.4 Å². The summed E-state index contributed by atoms with van der Waals surface area (Å²) in [4.78, 5) is 31.3. The minimum Gasteiger partial charge on any atom is -0.361 e. The van der Waals surface area contributed by atoms with Gasteiger partial charge in [0, 0.05) is 69.7 Å². The van der Waals surface area contributed by atoms with E-state index in [2.05, 4.69) is 33.5 Å². The number of hydrogen-bond acceptors (Lipinski definition) is 9. The van der Waals surface area contributed by atoms with Crippen molar-refractivity contribution in [3.05, 3.63) is 29.8 Å². The number of aromatic nitrogens is 4. The minimum absolute atomic E-state index is 0.159. The van der Waals surface area contributed by atoms with Gasteiger partial charge in [-0.2, -0.15) is 0 Å². The third kappa shape index (κ3) is 5.17. The smallest absolute Gasteiger partial charge is 0.242 e. The lowest BCUT2D eigenvalue weighted by Crippen LogP contribution is -2.52. The van der Waals surface area contributed by atoms with Crippen LogP contribution in [0.1, 0.15) is 36.9 Å². The summed E-state index contributed by atoms with van der Waals surface area (Å²) in [7, 11) is 2.01. The Morgan fingerprint density at radius 3 is 2.35 bits per heavy atom. The summed E-state index contributed by atoms with van der Waals surface area (Å²) in [6.45, 7) is 6.85. The molecular weight excluding hydrogens is 504 g/mol. The maximum atomic E-state index is 12.9. The monoisotopic (exact) mass is 538 g/mol. The molecule has 0 spiro atoms. The summed E-state index contributed by atoms with van der Waals surface area (Å²) in [5.74, 6) is 0.159. The molecule has 0 bridgehead atoms. The Hall–Kier alpha value is -2.76. The Morgan fingerprint density at radius 1 is 1.03 bits per heavy atom. The molecule has 4 aromatic rings. The van der Waals surface area contributed by atoms with Crippen molar-refractivity contribution in [2.24, 2.45) is 7.05 Å². The number of aryl methyl sites for hydroxylation is 2. The van der Waals surface area contributed by atoms with Crippen LogP contribution < -0.4 is 10.6 Å². The van der Waals surface area contributed by atoms with Gasteiger partial charge in [0.15, 0.2) is 10.3 Å². The average Bonchev–Trinajstić information content (AvgIpc) is 3.71. The Bertz CT molecular complexity index is 1390. The number of fused-ring (bicyclic) bond motifs is 2. The first kappa shape index (κ1) is 24.6. The molecule has 2 aliphatic rings. The molecule has 6 rings (SSSR count). The van der Waals surface area contributed by atoms with Crippen molar-refractivity contribution in [2.75, 3.05) is 49.9 Å².